The summed E-state index contributed by atoms with van der Waals surface area (Å²) in [6.45, 7) is 8.31. The molecule has 2 aliphatic rings. The van der Waals surface area contributed by atoms with Crippen molar-refractivity contribution in [2.45, 2.75) is 51.7 Å². The molecular weight excluding hydrogens is 308 g/mol. The van der Waals surface area contributed by atoms with E-state index >= 15 is 0 Å². The number of fused-ring (bicyclic) bond motifs is 1. The molecule has 6 nitrogen and oxygen atoms in total. The highest BCUT2D eigenvalue weighted by atomic mass is 32.1. The van der Waals surface area contributed by atoms with Gasteiger partial charge < -0.3 is 9.88 Å². The zero-order chi connectivity index (χ0) is 15.6. The second-order valence-electron chi connectivity index (χ2n) is 6.44. The van der Waals surface area contributed by atoms with E-state index in [1.165, 1.54) is 29.4 Å². The zero-order valence-corrected chi connectivity index (χ0v) is 14.5. The second-order valence-corrected chi connectivity index (χ2v) is 7.38. The van der Waals surface area contributed by atoms with Crippen molar-refractivity contribution < 1.29 is 0 Å². The van der Waals surface area contributed by atoms with Crippen LogP contribution in [-0.2, 0) is 26.1 Å². The molecule has 2 aliphatic heterocycles. The van der Waals surface area contributed by atoms with E-state index in [1.807, 2.05) is 0 Å². The average molecular weight is 332 g/mol. The van der Waals surface area contributed by atoms with Crippen LogP contribution in [0.4, 0.5) is 0 Å². The van der Waals surface area contributed by atoms with Gasteiger partial charge in [0.15, 0.2) is 0 Å². The molecule has 4 heterocycles. The maximum Gasteiger partial charge on any atom is 0.147 e. The Morgan fingerprint density at radius 2 is 2.13 bits per heavy atom. The molecule has 1 saturated heterocycles. The first-order valence-corrected chi connectivity index (χ1v) is 9.49. The van der Waals surface area contributed by atoms with Crippen LogP contribution in [0.3, 0.4) is 0 Å². The van der Waals surface area contributed by atoms with Crippen molar-refractivity contribution in [2.75, 3.05) is 19.6 Å². The number of aryl methyl sites for hydroxylation is 1. The first-order chi connectivity index (χ1) is 11.3. The summed E-state index contributed by atoms with van der Waals surface area (Å²) < 4.78 is 2.34. The molecule has 7 heteroatoms. The van der Waals surface area contributed by atoms with Gasteiger partial charge in [-0.25, -0.2) is 4.98 Å². The first-order valence-electron chi connectivity index (χ1n) is 8.62. The first kappa shape index (κ1) is 15.2. The van der Waals surface area contributed by atoms with Crippen LogP contribution in [0.2, 0.25) is 0 Å². The number of hydrogen-bond donors (Lipinski definition) is 1. The van der Waals surface area contributed by atoms with Crippen LogP contribution >= 0.6 is 11.3 Å². The van der Waals surface area contributed by atoms with Crippen molar-refractivity contribution >= 4 is 11.3 Å². The Morgan fingerprint density at radius 1 is 1.26 bits per heavy atom. The highest BCUT2D eigenvalue weighted by Gasteiger charge is 2.27. The molecule has 0 atom stereocenters. The molecule has 0 unspecified atom stereocenters. The van der Waals surface area contributed by atoms with Crippen molar-refractivity contribution in [3.05, 3.63) is 27.7 Å². The van der Waals surface area contributed by atoms with E-state index < -0.39 is 0 Å². The van der Waals surface area contributed by atoms with Gasteiger partial charge in [-0.2, -0.15) is 0 Å². The molecule has 2 aromatic heterocycles. The minimum Gasteiger partial charge on any atom is -0.312 e. The van der Waals surface area contributed by atoms with Gasteiger partial charge in [-0.3, -0.25) is 4.90 Å². The van der Waals surface area contributed by atoms with Gasteiger partial charge in [-0.05, 0) is 32.4 Å². The number of piperidine rings is 1. The van der Waals surface area contributed by atoms with Gasteiger partial charge in [0.05, 0.1) is 17.2 Å². The summed E-state index contributed by atoms with van der Waals surface area (Å²) >= 11 is 1.79. The topological polar surface area (TPSA) is 58.9 Å². The van der Waals surface area contributed by atoms with E-state index in [-0.39, 0.29) is 0 Å². The fourth-order valence-electron chi connectivity index (χ4n) is 3.58. The zero-order valence-electron chi connectivity index (χ0n) is 13.7. The largest absolute Gasteiger partial charge is 0.312 e. The maximum absolute atomic E-state index is 4.69. The summed E-state index contributed by atoms with van der Waals surface area (Å²) in [5.74, 6) is 2.87. The molecule has 2 aromatic rings. The van der Waals surface area contributed by atoms with Crippen molar-refractivity contribution in [1.82, 2.24) is 30.0 Å². The molecule has 0 saturated carbocycles. The third kappa shape index (κ3) is 3.18. The summed E-state index contributed by atoms with van der Waals surface area (Å²) in [4.78, 5) is 7.22. The number of nitrogens with one attached hydrogen (secondary N) is 1. The Labute approximate surface area is 140 Å². The lowest BCUT2D eigenvalue weighted by atomic mass is 9.95. The lowest BCUT2D eigenvalue weighted by Gasteiger charge is -2.31. The number of thiazole rings is 1. The van der Waals surface area contributed by atoms with E-state index in [9.17, 15) is 0 Å². The highest BCUT2D eigenvalue weighted by Crippen LogP contribution is 2.28. The van der Waals surface area contributed by atoms with Crippen LogP contribution in [0, 0.1) is 0 Å². The summed E-state index contributed by atoms with van der Waals surface area (Å²) in [6, 6.07) is 0. The van der Waals surface area contributed by atoms with E-state index in [4.69, 9.17) is 4.98 Å². The molecule has 1 N–H and O–H groups in total. The van der Waals surface area contributed by atoms with Gasteiger partial charge in [0.2, 0.25) is 0 Å². The van der Waals surface area contributed by atoms with E-state index in [1.54, 1.807) is 11.3 Å². The van der Waals surface area contributed by atoms with Gasteiger partial charge in [0.25, 0.3) is 0 Å². The van der Waals surface area contributed by atoms with Crippen LogP contribution in [0.1, 0.15) is 48.0 Å². The second kappa shape index (κ2) is 6.67. The van der Waals surface area contributed by atoms with Gasteiger partial charge in [-0.1, -0.05) is 6.92 Å². The van der Waals surface area contributed by atoms with Crippen LogP contribution in [0.25, 0.3) is 0 Å². The Morgan fingerprint density at radius 3 is 2.91 bits per heavy atom. The molecule has 124 valence electrons. The number of nitrogens with zero attached hydrogens (tertiary/aromatic N) is 5. The van der Waals surface area contributed by atoms with Crippen LogP contribution in [0.15, 0.2) is 5.38 Å². The summed E-state index contributed by atoms with van der Waals surface area (Å²) in [7, 11) is 0. The van der Waals surface area contributed by atoms with E-state index in [0.717, 1.165) is 51.5 Å². The SMILES string of the molecule is CCc1nc(CN2CCC(c3nnc4n3CCNC4)CC2)cs1. The molecule has 0 aromatic carbocycles. The summed E-state index contributed by atoms with van der Waals surface area (Å²) in [6.07, 6.45) is 3.40. The predicted molar refractivity (Wildman–Crippen MR) is 90.5 cm³/mol. The Balaban J connectivity index is 1.36. The lowest BCUT2D eigenvalue weighted by Crippen LogP contribution is -2.34. The van der Waals surface area contributed by atoms with Crippen LogP contribution in [-0.4, -0.2) is 44.3 Å². The summed E-state index contributed by atoms with van der Waals surface area (Å²) in [5.41, 5.74) is 1.23. The third-order valence-corrected chi connectivity index (χ3v) is 5.93. The van der Waals surface area contributed by atoms with E-state index in [0.29, 0.717) is 5.92 Å². The Kier molecular flexibility index (Phi) is 4.41. The van der Waals surface area contributed by atoms with Gasteiger partial charge in [0.1, 0.15) is 11.6 Å². The van der Waals surface area contributed by atoms with Gasteiger partial charge in [-0.15, -0.1) is 21.5 Å². The quantitative estimate of drug-likeness (QED) is 0.925. The minimum atomic E-state index is 0.562. The lowest BCUT2D eigenvalue weighted by molar-refractivity contribution is 0.198. The van der Waals surface area contributed by atoms with E-state index in [2.05, 4.69) is 37.3 Å². The normalized spacial score (nSPS) is 19.9. The molecule has 1 fully saturated rings. The number of hydrogen-bond acceptors (Lipinski definition) is 6. The van der Waals surface area contributed by atoms with Crippen molar-refractivity contribution in [3.8, 4) is 0 Å². The average Bonchev–Trinajstić information content (AvgIpc) is 3.22. The predicted octanol–water partition coefficient (Wildman–Crippen LogP) is 1.78. The van der Waals surface area contributed by atoms with Crippen molar-refractivity contribution in [3.63, 3.8) is 0 Å². The molecule has 4 rings (SSSR count). The van der Waals surface area contributed by atoms with Gasteiger partial charge >= 0.3 is 0 Å². The molecule has 0 radical (unpaired) electrons. The molecule has 0 amide bonds. The standard InChI is InChI=1S/C16H24N6S/c1-2-15-18-13(11-23-15)10-21-6-3-12(4-7-21)16-20-19-14-9-17-5-8-22(14)16/h11-12,17H,2-10H2,1H3. The molecule has 0 bridgehead atoms. The van der Waals surface area contributed by atoms with Crippen molar-refractivity contribution in [1.29, 1.82) is 0 Å². The third-order valence-electron chi connectivity index (χ3n) is 4.89. The van der Waals surface area contributed by atoms with Crippen LogP contribution < -0.4 is 5.32 Å². The number of aromatic nitrogens is 4. The van der Waals surface area contributed by atoms with Gasteiger partial charge in [0, 0.05) is 30.9 Å². The maximum atomic E-state index is 4.69. The Hall–Kier alpha value is -1.31. The number of likely N-dealkylation sites (tertiary alicyclic amines) is 1. The molecule has 0 spiro atoms. The monoisotopic (exact) mass is 332 g/mol. The summed E-state index contributed by atoms with van der Waals surface area (Å²) in [5, 5.41) is 15.7. The minimum absolute atomic E-state index is 0.562. The van der Waals surface area contributed by atoms with Crippen LogP contribution in [0.5, 0.6) is 0 Å². The Bertz CT molecular complexity index is 655. The fraction of sp³-hybridized carbons (Fsp3) is 0.688. The molecule has 0 aliphatic carbocycles. The number of rotatable bonds is 4. The molecular formula is C16H24N6S. The molecule has 23 heavy (non-hydrogen) atoms. The smallest absolute Gasteiger partial charge is 0.147 e. The van der Waals surface area contributed by atoms with Crippen molar-refractivity contribution in [2.24, 2.45) is 0 Å². The fourth-order valence-corrected chi connectivity index (χ4v) is 4.31. The highest BCUT2D eigenvalue weighted by molar-refractivity contribution is 7.09.